The zero-order chi connectivity index (χ0) is 15.2. The third-order valence-corrected chi connectivity index (χ3v) is 3.79. The number of hydrogen-bond donors (Lipinski definition) is 2. The Kier molecular flexibility index (Phi) is 4.71. The van der Waals surface area contributed by atoms with Crippen molar-refractivity contribution in [2.24, 2.45) is 5.92 Å². The molecule has 2 N–H and O–H groups in total. The molecule has 0 unspecified atom stereocenters. The molecule has 4 nitrogen and oxygen atoms in total. The normalized spacial score (nSPS) is 15.3. The van der Waals surface area contributed by atoms with Gasteiger partial charge in [-0.1, -0.05) is 24.3 Å². The second-order valence-electron chi connectivity index (χ2n) is 5.46. The highest BCUT2D eigenvalue weighted by molar-refractivity contribution is 5.92. The molecule has 0 radical (unpaired) electrons. The van der Waals surface area contributed by atoms with E-state index >= 15 is 0 Å². The van der Waals surface area contributed by atoms with Crippen molar-refractivity contribution < 1.29 is 9.53 Å². The number of rotatable bonds is 4. The second-order valence-corrected chi connectivity index (χ2v) is 5.46. The summed E-state index contributed by atoms with van der Waals surface area (Å²) in [6.07, 6.45) is 1.79. The van der Waals surface area contributed by atoms with Crippen LogP contribution in [0.2, 0.25) is 0 Å². The van der Waals surface area contributed by atoms with Crippen molar-refractivity contribution in [3.05, 3.63) is 54.6 Å². The van der Waals surface area contributed by atoms with Crippen LogP contribution >= 0.6 is 0 Å². The van der Waals surface area contributed by atoms with E-state index in [4.69, 9.17) is 4.74 Å². The molecule has 0 saturated carbocycles. The molecule has 0 aliphatic carbocycles. The predicted octanol–water partition coefficient (Wildman–Crippen LogP) is 3.42. The standard InChI is InChI=1S/C18H20N2O2/c21-18(14-9-11-19-12-10-14)20-15-5-4-8-17(13-15)22-16-6-2-1-3-7-16/h1-8,13-14,19H,9-12H2,(H,20,21). The van der Waals surface area contributed by atoms with E-state index in [1.54, 1.807) is 0 Å². The van der Waals surface area contributed by atoms with E-state index in [-0.39, 0.29) is 11.8 Å². The molecule has 2 aromatic rings. The maximum atomic E-state index is 12.3. The average molecular weight is 296 g/mol. The van der Waals surface area contributed by atoms with Crippen LogP contribution in [0.4, 0.5) is 5.69 Å². The lowest BCUT2D eigenvalue weighted by Gasteiger charge is -2.21. The van der Waals surface area contributed by atoms with Crippen molar-refractivity contribution in [3.8, 4) is 11.5 Å². The van der Waals surface area contributed by atoms with Crippen LogP contribution in [0.1, 0.15) is 12.8 Å². The van der Waals surface area contributed by atoms with Crippen LogP contribution in [0, 0.1) is 5.92 Å². The molecule has 1 aliphatic rings. The van der Waals surface area contributed by atoms with Gasteiger partial charge in [-0.2, -0.15) is 0 Å². The number of ether oxygens (including phenoxy) is 1. The fourth-order valence-corrected chi connectivity index (χ4v) is 2.59. The van der Waals surface area contributed by atoms with Gasteiger partial charge in [0.2, 0.25) is 5.91 Å². The number of nitrogens with one attached hydrogen (secondary N) is 2. The number of piperidine rings is 1. The van der Waals surface area contributed by atoms with Gasteiger partial charge >= 0.3 is 0 Å². The summed E-state index contributed by atoms with van der Waals surface area (Å²) >= 11 is 0. The first-order chi connectivity index (χ1) is 10.8. The molecule has 0 atom stereocenters. The van der Waals surface area contributed by atoms with Gasteiger partial charge in [0.15, 0.2) is 0 Å². The Morgan fingerprint density at radius 1 is 1.00 bits per heavy atom. The number of carbonyl (C=O) groups excluding carboxylic acids is 1. The molecule has 0 bridgehead atoms. The fourth-order valence-electron chi connectivity index (χ4n) is 2.59. The van der Waals surface area contributed by atoms with E-state index < -0.39 is 0 Å². The van der Waals surface area contributed by atoms with Gasteiger partial charge in [-0.15, -0.1) is 0 Å². The van der Waals surface area contributed by atoms with Gasteiger partial charge in [0, 0.05) is 17.7 Å². The number of hydrogen-bond acceptors (Lipinski definition) is 3. The Hall–Kier alpha value is -2.33. The van der Waals surface area contributed by atoms with E-state index in [0.29, 0.717) is 5.75 Å². The van der Waals surface area contributed by atoms with E-state index in [0.717, 1.165) is 37.4 Å². The summed E-state index contributed by atoms with van der Waals surface area (Å²) in [5.41, 5.74) is 0.775. The fraction of sp³-hybridized carbons (Fsp3) is 0.278. The van der Waals surface area contributed by atoms with Crippen molar-refractivity contribution in [2.45, 2.75) is 12.8 Å². The third kappa shape index (κ3) is 3.86. The van der Waals surface area contributed by atoms with Crippen molar-refractivity contribution in [1.82, 2.24) is 5.32 Å². The van der Waals surface area contributed by atoms with Crippen LogP contribution in [0.5, 0.6) is 11.5 Å². The zero-order valence-electron chi connectivity index (χ0n) is 12.4. The zero-order valence-corrected chi connectivity index (χ0v) is 12.4. The van der Waals surface area contributed by atoms with Crippen LogP contribution in [0.15, 0.2) is 54.6 Å². The minimum atomic E-state index is 0.0957. The highest BCUT2D eigenvalue weighted by Crippen LogP contribution is 2.24. The van der Waals surface area contributed by atoms with Crippen LogP contribution in [-0.2, 0) is 4.79 Å². The molecule has 4 heteroatoms. The molecule has 114 valence electrons. The van der Waals surface area contributed by atoms with Gasteiger partial charge in [-0.3, -0.25) is 4.79 Å². The van der Waals surface area contributed by atoms with Crippen molar-refractivity contribution in [3.63, 3.8) is 0 Å². The Labute approximate surface area is 130 Å². The lowest BCUT2D eigenvalue weighted by molar-refractivity contribution is -0.120. The summed E-state index contributed by atoms with van der Waals surface area (Å²) in [6.45, 7) is 1.82. The molecule has 1 heterocycles. The van der Waals surface area contributed by atoms with Gasteiger partial charge in [0.1, 0.15) is 11.5 Å². The molecule has 3 rings (SSSR count). The van der Waals surface area contributed by atoms with Crippen molar-refractivity contribution in [1.29, 1.82) is 0 Å². The summed E-state index contributed by atoms with van der Waals surface area (Å²) in [6, 6.07) is 17.1. The molecule has 0 spiro atoms. The number of benzene rings is 2. The van der Waals surface area contributed by atoms with E-state index in [1.165, 1.54) is 0 Å². The quantitative estimate of drug-likeness (QED) is 0.909. The van der Waals surface area contributed by atoms with Gasteiger partial charge in [-0.25, -0.2) is 0 Å². The number of carbonyl (C=O) groups is 1. The van der Waals surface area contributed by atoms with Crippen LogP contribution < -0.4 is 15.4 Å². The molecule has 22 heavy (non-hydrogen) atoms. The van der Waals surface area contributed by atoms with E-state index in [9.17, 15) is 4.79 Å². The highest BCUT2D eigenvalue weighted by Gasteiger charge is 2.20. The molecule has 1 saturated heterocycles. The third-order valence-electron chi connectivity index (χ3n) is 3.79. The topological polar surface area (TPSA) is 50.4 Å². The minimum Gasteiger partial charge on any atom is -0.457 e. The molecule has 1 amide bonds. The summed E-state index contributed by atoms with van der Waals surface area (Å²) in [5.74, 6) is 1.69. The van der Waals surface area contributed by atoms with E-state index in [2.05, 4.69) is 10.6 Å². The summed E-state index contributed by atoms with van der Waals surface area (Å²) in [7, 11) is 0. The maximum Gasteiger partial charge on any atom is 0.227 e. The lowest BCUT2D eigenvalue weighted by atomic mass is 9.97. The van der Waals surface area contributed by atoms with Gasteiger partial charge in [0.25, 0.3) is 0 Å². The number of anilines is 1. The molecule has 0 aromatic heterocycles. The summed E-state index contributed by atoms with van der Waals surface area (Å²) in [4.78, 5) is 12.3. The Morgan fingerprint density at radius 2 is 1.73 bits per heavy atom. The monoisotopic (exact) mass is 296 g/mol. The van der Waals surface area contributed by atoms with Gasteiger partial charge in [-0.05, 0) is 50.2 Å². The molecule has 1 fully saturated rings. The molecule has 1 aliphatic heterocycles. The summed E-state index contributed by atoms with van der Waals surface area (Å²) in [5, 5.41) is 6.26. The van der Waals surface area contributed by atoms with Crippen molar-refractivity contribution >= 4 is 11.6 Å². The first-order valence-corrected chi connectivity index (χ1v) is 7.66. The lowest BCUT2D eigenvalue weighted by Crippen LogP contribution is -2.34. The maximum absolute atomic E-state index is 12.3. The largest absolute Gasteiger partial charge is 0.457 e. The van der Waals surface area contributed by atoms with Crippen LogP contribution in [0.25, 0.3) is 0 Å². The Balaban J connectivity index is 1.64. The summed E-state index contributed by atoms with van der Waals surface area (Å²) < 4.78 is 5.78. The van der Waals surface area contributed by atoms with E-state index in [1.807, 2.05) is 54.6 Å². The molecular formula is C18H20N2O2. The Bertz CT molecular complexity index is 622. The van der Waals surface area contributed by atoms with Gasteiger partial charge < -0.3 is 15.4 Å². The highest BCUT2D eigenvalue weighted by atomic mass is 16.5. The Morgan fingerprint density at radius 3 is 2.50 bits per heavy atom. The van der Waals surface area contributed by atoms with Crippen LogP contribution in [0.3, 0.4) is 0 Å². The van der Waals surface area contributed by atoms with Crippen molar-refractivity contribution in [2.75, 3.05) is 18.4 Å². The number of para-hydroxylation sites is 1. The smallest absolute Gasteiger partial charge is 0.227 e. The van der Waals surface area contributed by atoms with Crippen LogP contribution in [-0.4, -0.2) is 19.0 Å². The predicted molar refractivity (Wildman–Crippen MR) is 87.2 cm³/mol. The first kappa shape index (κ1) is 14.6. The van der Waals surface area contributed by atoms with Gasteiger partial charge in [0.05, 0.1) is 0 Å². The molecule has 2 aromatic carbocycles. The second kappa shape index (κ2) is 7.09. The SMILES string of the molecule is O=C(Nc1cccc(Oc2ccccc2)c1)C1CCNCC1. The number of amides is 1. The average Bonchev–Trinajstić information content (AvgIpc) is 2.57. The molecular weight excluding hydrogens is 276 g/mol. The first-order valence-electron chi connectivity index (χ1n) is 7.66. The minimum absolute atomic E-state index is 0.0957.